The van der Waals surface area contributed by atoms with Crippen LogP contribution in [0, 0.1) is 0 Å². The summed E-state index contributed by atoms with van der Waals surface area (Å²) in [5.74, 6) is 0.558. The molecule has 21 heavy (non-hydrogen) atoms. The fourth-order valence-electron chi connectivity index (χ4n) is 2.14. The molecule has 0 saturated heterocycles. The first-order valence-electron chi connectivity index (χ1n) is 7.28. The van der Waals surface area contributed by atoms with Crippen LogP contribution in [0.25, 0.3) is 0 Å². The van der Waals surface area contributed by atoms with E-state index in [-0.39, 0.29) is 6.04 Å². The maximum absolute atomic E-state index is 5.36. The minimum absolute atomic E-state index is 0.176. The lowest BCUT2D eigenvalue weighted by atomic mass is 10.00. The summed E-state index contributed by atoms with van der Waals surface area (Å²) < 4.78 is 0. The second kappa shape index (κ2) is 7.23. The van der Waals surface area contributed by atoms with Crippen LogP contribution in [-0.2, 0) is 0 Å². The molecule has 0 amide bonds. The van der Waals surface area contributed by atoms with Gasteiger partial charge in [0.15, 0.2) is 5.11 Å². The summed E-state index contributed by atoms with van der Waals surface area (Å²) in [4.78, 5) is 0. The van der Waals surface area contributed by atoms with Gasteiger partial charge in [-0.1, -0.05) is 56.3 Å². The van der Waals surface area contributed by atoms with Crippen LogP contribution >= 0.6 is 12.2 Å². The lowest BCUT2D eigenvalue weighted by molar-refractivity contribution is 0.721. The number of thiocarbonyl (C=S) groups is 1. The van der Waals surface area contributed by atoms with Crippen LogP contribution in [-0.4, -0.2) is 5.11 Å². The molecule has 2 aromatic rings. The fourth-order valence-corrected chi connectivity index (χ4v) is 2.43. The molecule has 0 heterocycles. The van der Waals surface area contributed by atoms with Gasteiger partial charge in [0, 0.05) is 5.69 Å². The van der Waals surface area contributed by atoms with E-state index in [9.17, 15) is 0 Å². The Morgan fingerprint density at radius 3 is 2.00 bits per heavy atom. The third kappa shape index (κ3) is 4.57. The van der Waals surface area contributed by atoms with Crippen molar-refractivity contribution in [1.29, 1.82) is 0 Å². The van der Waals surface area contributed by atoms with Crippen molar-refractivity contribution in [2.45, 2.75) is 32.7 Å². The van der Waals surface area contributed by atoms with Crippen molar-refractivity contribution >= 4 is 23.0 Å². The van der Waals surface area contributed by atoms with Gasteiger partial charge in [0.05, 0.1) is 6.04 Å². The highest BCUT2D eigenvalue weighted by molar-refractivity contribution is 7.80. The summed E-state index contributed by atoms with van der Waals surface area (Å²) in [5, 5.41) is 7.15. The topological polar surface area (TPSA) is 24.1 Å². The molecule has 2 aromatic carbocycles. The number of anilines is 1. The Hall–Kier alpha value is -1.87. The largest absolute Gasteiger partial charge is 0.356 e. The molecule has 3 heteroatoms. The molecule has 0 bridgehead atoms. The Labute approximate surface area is 132 Å². The number of benzene rings is 2. The zero-order valence-electron chi connectivity index (χ0n) is 12.8. The number of hydrogen-bond donors (Lipinski definition) is 2. The zero-order chi connectivity index (χ0) is 15.2. The van der Waals surface area contributed by atoms with E-state index in [4.69, 9.17) is 12.2 Å². The second-order valence-corrected chi connectivity index (χ2v) is 5.92. The van der Waals surface area contributed by atoms with Crippen LogP contribution in [0.4, 0.5) is 5.69 Å². The molecule has 0 saturated carbocycles. The third-order valence-electron chi connectivity index (χ3n) is 3.48. The van der Waals surface area contributed by atoms with Crippen molar-refractivity contribution in [3.8, 4) is 0 Å². The molecular weight excluding hydrogens is 276 g/mol. The van der Waals surface area contributed by atoms with Gasteiger partial charge in [0.2, 0.25) is 0 Å². The predicted molar refractivity (Wildman–Crippen MR) is 94.7 cm³/mol. The monoisotopic (exact) mass is 298 g/mol. The first-order valence-corrected chi connectivity index (χ1v) is 7.69. The maximum atomic E-state index is 5.36. The molecule has 110 valence electrons. The van der Waals surface area contributed by atoms with Gasteiger partial charge in [0.1, 0.15) is 0 Å². The van der Waals surface area contributed by atoms with Crippen molar-refractivity contribution in [1.82, 2.24) is 5.32 Å². The SMILES string of the molecule is CC(C)c1ccc(C(C)NC(=S)Nc2ccccc2)cc1. The van der Waals surface area contributed by atoms with Gasteiger partial charge < -0.3 is 10.6 Å². The minimum Gasteiger partial charge on any atom is -0.356 e. The third-order valence-corrected chi connectivity index (χ3v) is 3.70. The first-order chi connectivity index (χ1) is 10.1. The van der Waals surface area contributed by atoms with E-state index < -0.39 is 0 Å². The van der Waals surface area contributed by atoms with Crippen molar-refractivity contribution in [3.05, 3.63) is 65.7 Å². The normalized spacial score (nSPS) is 12.0. The summed E-state index contributed by atoms with van der Waals surface area (Å²) in [5.41, 5.74) is 3.59. The van der Waals surface area contributed by atoms with Gasteiger partial charge in [0.25, 0.3) is 0 Å². The van der Waals surface area contributed by atoms with Gasteiger partial charge >= 0.3 is 0 Å². The number of para-hydroxylation sites is 1. The highest BCUT2D eigenvalue weighted by Gasteiger charge is 2.08. The molecule has 1 unspecified atom stereocenters. The zero-order valence-corrected chi connectivity index (χ0v) is 13.6. The second-order valence-electron chi connectivity index (χ2n) is 5.51. The highest BCUT2D eigenvalue weighted by Crippen LogP contribution is 2.18. The van der Waals surface area contributed by atoms with Crippen LogP contribution in [0.5, 0.6) is 0 Å². The molecule has 1 atom stereocenters. The summed E-state index contributed by atoms with van der Waals surface area (Å²) in [7, 11) is 0. The molecule has 2 rings (SSSR count). The van der Waals surface area contributed by atoms with E-state index in [1.807, 2.05) is 30.3 Å². The Morgan fingerprint density at radius 2 is 1.43 bits per heavy atom. The first kappa shape index (κ1) is 15.5. The van der Waals surface area contributed by atoms with Gasteiger partial charge in [-0.25, -0.2) is 0 Å². The smallest absolute Gasteiger partial charge is 0.171 e. The average Bonchev–Trinajstić information content (AvgIpc) is 2.48. The van der Waals surface area contributed by atoms with Crippen molar-refractivity contribution in [3.63, 3.8) is 0 Å². The van der Waals surface area contributed by atoms with Crippen molar-refractivity contribution in [2.24, 2.45) is 0 Å². The Kier molecular flexibility index (Phi) is 5.34. The minimum atomic E-state index is 0.176. The van der Waals surface area contributed by atoms with E-state index in [1.165, 1.54) is 11.1 Å². The molecule has 0 radical (unpaired) electrons. The van der Waals surface area contributed by atoms with E-state index in [0.29, 0.717) is 11.0 Å². The van der Waals surface area contributed by atoms with Crippen LogP contribution in [0.1, 0.15) is 43.9 Å². The summed E-state index contributed by atoms with van der Waals surface area (Å²) in [6, 6.07) is 18.8. The van der Waals surface area contributed by atoms with Crippen LogP contribution in [0.15, 0.2) is 54.6 Å². The molecule has 0 spiro atoms. The summed E-state index contributed by atoms with van der Waals surface area (Å²) in [6.45, 7) is 6.52. The van der Waals surface area contributed by atoms with Gasteiger partial charge in [-0.05, 0) is 48.3 Å². The molecule has 0 aromatic heterocycles. The maximum Gasteiger partial charge on any atom is 0.171 e. The highest BCUT2D eigenvalue weighted by atomic mass is 32.1. The Balaban J connectivity index is 1.94. The summed E-state index contributed by atoms with van der Waals surface area (Å²) >= 11 is 5.36. The quantitative estimate of drug-likeness (QED) is 0.788. The van der Waals surface area contributed by atoms with E-state index >= 15 is 0 Å². The molecule has 0 aliphatic rings. The van der Waals surface area contributed by atoms with Crippen molar-refractivity contribution in [2.75, 3.05) is 5.32 Å². The molecule has 0 aliphatic carbocycles. The predicted octanol–water partition coefficient (Wildman–Crippen LogP) is 4.86. The lowest BCUT2D eigenvalue weighted by Gasteiger charge is -2.18. The lowest BCUT2D eigenvalue weighted by Crippen LogP contribution is -2.30. The van der Waals surface area contributed by atoms with Gasteiger partial charge in [-0.2, -0.15) is 0 Å². The van der Waals surface area contributed by atoms with E-state index in [2.05, 4.69) is 55.7 Å². The summed E-state index contributed by atoms with van der Waals surface area (Å²) in [6.07, 6.45) is 0. The van der Waals surface area contributed by atoms with Crippen molar-refractivity contribution < 1.29 is 0 Å². The van der Waals surface area contributed by atoms with Crippen LogP contribution in [0.3, 0.4) is 0 Å². The molecular formula is C18H22N2S. The standard InChI is InChI=1S/C18H22N2S/c1-13(2)15-9-11-16(12-10-15)14(3)19-18(21)20-17-7-5-4-6-8-17/h4-14H,1-3H3,(H2,19,20,21). The Morgan fingerprint density at radius 1 is 0.857 bits per heavy atom. The Bertz CT molecular complexity index is 576. The van der Waals surface area contributed by atoms with E-state index in [0.717, 1.165) is 5.69 Å². The van der Waals surface area contributed by atoms with E-state index in [1.54, 1.807) is 0 Å². The number of hydrogen-bond acceptors (Lipinski definition) is 1. The van der Waals surface area contributed by atoms with Crippen LogP contribution < -0.4 is 10.6 Å². The fraction of sp³-hybridized carbons (Fsp3) is 0.278. The molecule has 0 aliphatic heterocycles. The number of rotatable bonds is 4. The molecule has 2 N–H and O–H groups in total. The average molecular weight is 298 g/mol. The van der Waals surface area contributed by atoms with Gasteiger partial charge in [-0.3, -0.25) is 0 Å². The van der Waals surface area contributed by atoms with Crippen LogP contribution in [0.2, 0.25) is 0 Å². The number of nitrogens with one attached hydrogen (secondary N) is 2. The molecule has 2 nitrogen and oxygen atoms in total. The van der Waals surface area contributed by atoms with Gasteiger partial charge in [-0.15, -0.1) is 0 Å². The molecule has 0 fully saturated rings.